The molecule has 5 heteroatoms. The summed E-state index contributed by atoms with van der Waals surface area (Å²) in [5.41, 5.74) is 0. The molecule has 1 aromatic heterocycles. The maximum atomic E-state index is 10.8. The van der Waals surface area contributed by atoms with Crippen molar-refractivity contribution in [1.29, 1.82) is 0 Å². The maximum absolute atomic E-state index is 10.8. The summed E-state index contributed by atoms with van der Waals surface area (Å²) in [6.45, 7) is 1.79. The summed E-state index contributed by atoms with van der Waals surface area (Å²) < 4.78 is 1.58. The first kappa shape index (κ1) is 9.26. The molecule has 0 saturated carbocycles. The lowest BCUT2D eigenvalue weighted by molar-refractivity contribution is -0.116. The van der Waals surface area contributed by atoms with Gasteiger partial charge >= 0.3 is 0 Å². The molecule has 1 heterocycles. The second-order valence-electron chi connectivity index (χ2n) is 2.58. The Morgan fingerprint density at radius 3 is 3.00 bits per heavy atom. The number of carbonyl (C=O) groups is 1. The lowest BCUT2D eigenvalue weighted by Gasteiger charge is -2.09. The minimum atomic E-state index is -0.449. The Labute approximate surface area is 76.2 Å². The highest BCUT2D eigenvalue weighted by Gasteiger charge is 2.12. The zero-order valence-electron chi connectivity index (χ0n) is 7.48. The number of rotatable bonds is 2. The van der Waals surface area contributed by atoms with Crippen molar-refractivity contribution < 1.29 is 4.79 Å². The van der Waals surface area contributed by atoms with E-state index in [2.05, 4.69) is 15.4 Å². The molecular formula is C8H10N4O. The maximum Gasteiger partial charge on any atom is 0.296 e. The summed E-state index contributed by atoms with van der Waals surface area (Å²) >= 11 is 0. The predicted molar refractivity (Wildman–Crippen MR) is 46.4 cm³/mol. The van der Waals surface area contributed by atoms with E-state index in [1.54, 1.807) is 18.7 Å². The molecule has 5 nitrogen and oxygen atoms in total. The molecule has 0 aliphatic carbocycles. The SMILES string of the molecule is C#CC(=O)NC(C)c1ncnn1C. The second-order valence-corrected chi connectivity index (χ2v) is 2.58. The Morgan fingerprint density at radius 1 is 1.85 bits per heavy atom. The molecule has 1 amide bonds. The fraction of sp³-hybridized carbons (Fsp3) is 0.375. The monoisotopic (exact) mass is 178 g/mol. The Morgan fingerprint density at radius 2 is 2.54 bits per heavy atom. The van der Waals surface area contributed by atoms with E-state index in [9.17, 15) is 4.79 Å². The standard InChI is InChI=1S/C8H10N4O/c1-4-7(13)11-6(2)8-9-5-10-12(8)3/h1,5-6H,2-3H3,(H,11,13). The number of carbonyl (C=O) groups excluding carboxylic acids is 1. The lowest BCUT2D eigenvalue weighted by atomic mass is 10.3. The highest BCUT2D eigenvalue weighted by Crippen LogP contribution is 2.05. The Kier molecular flexibility index (Phi) is 2.65. The minimum absolute atomic E-state index is 0.226. The first-order valence-corrected chi connectivity index (χ1v) is 3.76. The van der Waals surface area contributed by atoms with Crippen LogP contribution in [0.15, 0.2) is 6.33 Å². The van der Waals surface area contributed by atoms with Crippen molar-refractivity contribution in [2.45, 2.75) is 13.0 Å². The van der Waals surface area contributed by atoms with Crippen molar-refractivity contribution >= 4 is 5.91 Å². The quantitative estimate of drug-likeness (QED) is 0.628. The van der Waals surface area contributed by atoms with Crippen LogP contribution in [0, 0.1) is 12.3 Å². The number of terminal acetylenes is 1. The zero-order valence-corrected chi connectivity index (χ0v) is 7.48. The number of hydrogen-bond donors (Lipinski definition) is 1. The van der Waals surface area contributed by atoms with Gasteiger partial charge in [0.25, 0.3) is 5.91 Å². The predicted octanol–water partition coefficient (Wildman–Crippen LogP) is -0.375. The molecule has 0 radical (unpaired) electrons. The molecule has 0 saturated heterocycles. The molecule has 1 unspecified atom stereocenters. The average molecular weight is 178 g/mol. The van der Waals surface area contributed by atoms with Crippen molar-refractivity contribution in [3.05, 3.63) is 12.2 Å². The van der Waals surface area contributed by atoms with Crippen molar-refractivity contribution in [2.75, 3.05) is 0 Å². The van der Waals surface area contributed by atoms with Crippen LogP contribution in [0.1, 0.15) is 18.8 Å². The van der Waals surface area contributed by atoms with Gasteiger partial charge in [0.15, 0.2) is 0 Å². The molecule has 13 heavy (non-hydrogen) atoms. The van der Waals surface area contributed by atoms with Crippen molar-refractivity contribution in [3.8, 4) is 12.3 Å². The fourth-order valence-corrected chi connectivity index (χ4v) is 1.00. The van der Waals surface area contributed by atoms with E-state index in [-0.39, 0.29) is 6.04 Å². The zero-order chi connectivity index (χ0) is 9.84. The summed E-state index contributed by atoms with van der Waals surface area (Å²) in [7, 11) is 1.75. The largest absolute Gasteiger partial charge is 0.336 e. The molecule has 0 aromatic carbocycles. The Balaban J connectivity index is 2.70. The van der Waals surface area contributed by atoms with Crippen molar-refractivity contribution in [1.82, 2.24) is 20.1 Å². The van der Waals surface area contributed by atoms with Crippen LogP contribution >= 0.6 is 0 Å². The van der Waals surface area contributed by atoms with Gasteiger partial charge in [-0.1, -0.05) is 0 Å². The number of aryl methyl sites for hydroxylation is 1. The van der Waals surface area contributed by atoms with Gasteiger partial charge in [0.1, 0.15) is 12.2 Å². The molecule has 0 aliphatic rings. The first-order valence-electron chi connectivity index (χ1n) is 3.76. The van der Waals surface area contributed by atoms with Gasteiger partial charge in [-0.05, 0) is 12.8 Å². The summed E-state index contributed by atoms with van der Waals surface area (Å²) in [4.78, 5) is 14.8. The van der Waals surface area contributed by atoms with E-state index in [0.717, 1.165) is 0 Å². The average Bonchev–Trinajstić information content (AvgIpc) is 2.51. The van der Waals surface area contributed by atoms with Crippen LogP contribution in [-0.2, 0) is 11.8 Å². The van der Waals surface area contributed by atoms with E-state index in [1.807, 2.05) is 5.92 Å². The van der Waals surface area contributed by atoms with Gasteiger partial charge < -0.3 is 5.32 Å². The molecule has 1 aromatic rings. The van der Waals surface area contributed by atoms with Crippen molar-refractivity contribution in [3.63, 3.8) is 0 Å². The van der Waals surface area contributed by atoms with E-state index >= 15 is 0 Å². The fourth-order valence-electron chi connectivity index (χ4n) is 1.00. The number of hydrogen-bond acceptors (Lipinski definition) is 3. The molecule has 0 aliphatic heterocycles. The third kappa shape index (κ3) is 2.06. The van der Waals surface area contributed by atoms with Gasteiger partial charge in [-0.3, -0.25) is 9.48 Å². The van der Waals surface area contributed by atoms with Crippen LogP contribution in [0.3, 0.4) is 0 Å². The molecule has 1 rings (SSSR count). The lowest BCUT2D eigenvalue weighted by Crippen LogP contribution is -2.27. The van der Waals surface area contributed by atoms with Crippen molar-refractivity contribution in [2.24, 2.45) is 7.05 Å². The van der Waals surface area contributed by atoms with Crippen LogP contribution in [0.25, 0.3) is 0 Å². The smallest absolute Gasteiger partial charge is 0.296 e. The third-order valence-corrected chi connectivity index (χ3v) is 1.61. The third-order valence-electron chi connectivity index (χ3n) is 1.61. The number of amides is 1. The summed E-state index contributed by atoms with van der Waals surface area (Å²) in [6.07, 6.45) is 6.33. The van der Waals surface area contributed by atoms with Gasteiger partial charge in [-0.2, -0.15) is 5.10 Å². The van der Waals surface area contributed by atoms with Crippen LogP contribution in [0.4, 0.5) is 0 Å². The molecule has 0 bridgehead atoms. The molecule has 0 spiro atoms. The molecular weight excluding hydrogens is 168 g/mol. The van der Waals surface area contributed by atoms with Gasteiger partial charge in [0.2, 0.25) is 0 Å². The highest BCUT2D eigenvalue weighted by molar-refractivity contribution is 5.92. The topological polar surface area (TPSA) is 59.8 Å². The molecule has 1 atom stereocenters. The molecule has 0 fully saturated rings. The molecule has 1 N–H and O–H groups in total. The summed E-state index contributed by atoms with van der Waals surface area (Å²) in [5, 5.41) is 6.45. The van der Waals surface area contributed by atoms with E-state index in [0.29, 0.717) is 5.82 Å². The van der Waals surface area contributed by atoms with E-state index in [4.69, 9.17) is 6.42 Å². The molecule has 68 valence electrons. The van der Waals surface area contributed by atoms with Crippen LogP contribution in [-0.4, -0.2) is 20.7 Å². The minimum Gasteiger partial charge on any atom is -0.336 e. The van der Waals surface area contributed by atoms with Crippen LogP contribution in [0.2, 0.25) is 0 Å². The Bertz CT molecular complexity index is 349. The van der Waals surface area contributed by atoms with Gasteiger partial charge in [-0.15, -0.1) is 6.42 Å². The number of nitrogens with one attached hydrogen (secondary N) is 1. The van der Waals surface area contributed by atoms with E-state index < -0.39 is 5.91 Å². The first-order chi connectivity index (χ1) is 6.15. The highest BCUT2D eigenvalue weighted by atomic mass is 16.1. The summed E-state index contributed by atoms with van der Waals surface area (Å²) in [5.74, 6) is 2.19. The van der Waals surface area contributed by atoms with E-state index in [1.165, 1.54) is 6.33 Å². The number of nitrogens with zero attached hydrogens (tertiary/aromatic N) is 3. The van der Waals surface area contributed by atoms with Gasteiger partial charge in [-0.25, -0.2) is 4.98 Å². The Hall–Kier alpha value is -1.83. The van der Waals surface area contributed by atoms with Gasteiger partial charge in [0.05, 0.1) is 6.04 Å². The normalized spacial score (nSPS) is 11.8. The second kappa shape index (κ2) is 3.72. The number of aromatic nitrogens is 3. The van der Waals surface area contributed by atoms with Crippen LogP contribution < -0.4 is 5.32 Å². The van der Waals surface area contributed by atoms with Gasteiger partial charge in [0, 0.05) is 7.05 Å². The summed E-state index contributed by atoms with van der Waals surface area (Å²) in [6, 6.07) is -0.226. The van der Waals surface area contributed by atoms with Crippen LogP contribution in [0.5, 0.6) is 0 Å².